The monoisotopic (exact) mass is 222 g/mol. The fourth-order valence-electron chi connectivity index (χ4n) is 1.51. The van der Waals surface area contributed by atoms with Crippen molar-refractivity contribution in [3.8, 4) is 0 Å². The van der Waals surface area contributed by atoms with Crippen LogP contribution >= 0.6 is 0 Å². The van der Waals surface area contributed by atoms with Crippen molar-refractivity contribution in [3.05, 3.63) is 0 Å². The number of ether oxygens (including phenoxy) is 1. The maximum Gasteiger partial charge on any atom is 0.417 e. The zero-order chi connectivity index (χ0) is 11.7. The molecule has 0 aromatic rings. The molecule has 1 saturated carbocycles. The number of halogens is 2. The highest BCUT2D eigenvalue weighted by Gasteiger charge is 2.43. The van der Waals surface area contributed by atoms with Crippen molar-refractivity contribution in [2.45, 2.75) is 44.1 Å². The molecule has 1 fully saturated rings. The molecule has 1 aliphatic rings. The summed E-state index contributed by atoms with van der Waals surface area (Å²) in [6.07, 6.45) is -0.787. The van der Waals surface area contributed by atoms with Crippen molar-refractivity contribution >= 4 is 11.9 Å². The van der Waals surface area contributed by atoms with Gasteiger partial charge < -0.3 is 9.84 Å². The quantitative estimate of drug-likeness (QED) is 0.540. The van der Waals surface area contributed by atoms with Gasteiger partial charge in [0.2, 0.25) is 5.92 Å². The number of carbonyl (C=O) groups is 2. The van der Waals surface area contributed by atoms with Gasteiger partial charge in [-0.05, 0) is 19.8 Å². The zero-order valence-corrected chi connectivity index (χ0v) is 8.26. The minimum Gasteiger partial charge on any atom is -0.473 e. The van der Waals surface area contributed by atoms with E-state index in [2.05, 4.69) is 4.74 Å². The zero-order valence-electron chi connectivity index (χ0n) is 8.26. The van der Waals surface area contributed by atoms with Crippen LogP contribution in [0.5, 0.6) is 0 Å². The number of carbonyl (C=O) groups excluding carboxylic acids is 1. The van der Waals surface area contributed by atoms with Gasteiger partial charge in [-0.1, -0.05) is 0 Å². The molecule has 1 aliphatic carbocycles. The van der Waals surface area contributed by atoms with Gasteiger partial charge in [0, 0.05) is 12.8 Å². The van der Waals surface area contributed by atoms with Crippen LogP contribution in [-0.2, 0) is 14.3 Å². The molecule has 0 heterocycles. The van der Waals surface area contributed by atoms with Crippen LogP contribution in [0.2, 0.25) is 0 Å². The average Bonchev–Trinajstić information content (AvgIpc) is 2.11. The molecule has 0 bridgehead atoms. The Bertz CT molecular complexity index is 278. The lowest BCUT2D eigenvalue weighted by molar-refractivity contribution is -0.181. The number of carboxylic acids is 1. The van der Waals surface area contributed by atoms with Crippen LogP contribution in [0.1, 0.15) is 32.6 Å². The van der Waals surface area contributed by atoms with Gasteiger partial charge in [0.15, 0.2) is 0 Å². The number of esters is 1. The third-order valence-electron chi connectivity index (χ3n) is 2.55. The average molecular weight is 222 g/mol. The van der Waals surface area contributed by atoms with E-state index in [4.69, 9.17) is 5.11 Å². The van der Waals surface area contributed by atoms with Gasteiger partial charge in [-0.25, -0.2) is 18.4 Å². The maximum absolute atomic E-state index is 12.8. The molecule has 6 heteroatoms. The van der Waals surface area contributed by atoms with Crippen molar-refractivity contribution in [1.82, 2.24) is 0 Å². The van der Waals surface area contributed by atoms with Crippen LogP contribution in [0.25, 0.3) is 0 Å². The van der Waals surface area contributed by atoms with Gasteiger partial charge in [0.1, 0.15) is 5.60 Å². The molecular formula is C9H12F2O4. The molecule has 0 unspecified atom stereocenters. The van der Waals surface area contributed by atoms with Gasteiger partial charge in [-0.3, -0.25) is 0 Å². The molecule has 4 nitrogen and oxygen atoms in total. The molecule has 0 radical (unpaired) electrons. The molecular weight excluding hydrogens is 210 g/mol. The molecule has 0 aromatic carbocycles. The second kappa shape index (κ2) is 3.75. The van der Waals surface area contributed by atoms with E-state index in [0.717, 1.165) is 0 Å². The summed E-state index contributed by atoms with van der Waals surface area (Å²) >= 11 is 0. The Morgan fingerprint density at radius 3 is 2.07 bits per heavy atom. The Morgan fingerprint density at radius 1 is 1.20 bits per heavy atom. The van der Waals surface area contributed by atoms with Gasteiger partial charge in [-0.2, -0.15) is 0 Å². The van der Waals surface area contributed by atoms with E-state index in [1.807, 2.05) is 0 Å². The predicted molar refractivity (Wildman–Crippen MR) is 45.5 cm³/mol. The van der Waals surface area contributed by atoms with Crippen LogP contribution < -0.4 is 0 Å². The first-order valence-corrected chi connectivity index (χ1v) is 4.58. The first-order valence-electron chi connectivity index (χ1n) is 4.58. The SMILES string of the molecule is CC1(OC(=O)C(=O)O)CCC(F)(F)CC1. The highest BCUT2D eigenvalue weighted by molar-refractivity contribution is 6.28. The first kappa shape index (κ1) is 11.9. The maximum atomic E-state index is 12.8. The smallest absolute Gasteiger partial charge is 0.417 e. The molecule has 0 aliphatic heterocycles. The Kier molecular flexibility index (Phi) is 2.97. The van der Waals surface area contributed by atoms with Crippen LogP contribution in [-0.4, -0.2) is 28.6 Å². The minimum absolute atomic E-state index is 0.0149. The molecule has 0 atom stereocenters. The van der Waals surface area contributed by atoms with E-state index in [1.165, 1.54) is 6.92 Å². The number of aliphatic carboxylic acids is 1. The molecule has 0 spiro atoms. The molecule has 86 valence electrons. The first-order chi connectivity index (χ1) is 6.74. The lowest BCUT2D eigenvalue weighted by atomic mass is 9.84. The van der Waals surface area contributed by atoms with Crippen molar-refractivity contribution in [2.75, 3.05) is 0 Å². The summed E-state index contributed by atoms with van der Waals surface area (Å²) in [5.74, 6) is -5.81. The molecule has 0 amide bonds. The fourth-order valence-corrected chi connectivity index (χ4v) is 1.51. The summed E-state index contributed by atoms with van der Waals surface area (Å²) in [6.45, 7) is 1.48. The van der Waals surface area contributed by atoms with E-state index < -0.39 is 23.5 Å². The van der Waals surface area contributed by atoms with Crippen molar-refractivity contribution in [1.29, 1.82) is 0 Å². The summed E-state index contributed by atoms with van der Waals surface area (Å²) in [5, 5.41) is 8.31. The Hall–Kier alpha value is -1.20. The van der Waals surface area contributed by atoms with Crippen molar-refractivity contribution in [2.24, 2.45) is 0 Å². The highest BCUT2D eigenvalue weighted by Crippen LogP contribution is 2.40. The van der Waals surface area contributed by atoms with E-state index in [9.17, 15) is 18.4 Å². The van der Waals surface area contributed by atoms with Crippen LogP contribution in [0.15, 0.2) is 0 Å². The molecule has 1 N–H and O–H groups in total. The van der Waals surface area contributed by atoms with E-state index in [1.54, 1.807) is 0 Å². The lowest BCUT2D eigenvalue weighted by Crippen LogP contribution is -2.41. The van der Waals surface area contributed by atoms with E-state index in [-0.39, 0.29) is 25.7 Å². The number of hydrogen-bond donors (Lipinski definition) is 1. The van der Waals surface area contributed by atoms with Crippen LogP contribution in [0, 0.1) is 0 Å². The number of rotatable bonds is 1. The van der Waals surface area contributed by atoms with E-state index in [0.29, 0.717) is 0 Å². The Balaban J connectivity index is 2.56. The Labute approximate surface area is 85.2 Å². The highest BCUT2D eigenvalue weighted by atomic mass is 19.3. The summed E-state index contributed by atoms with van der Waals surface area (Å²) in [4.78, 5) is 21.0. The van der Waals surface area contributed by atoms with Crippen molar-refractivity contribution in [3.63, 3.8) is 0 Å². The predicted octanol–water partition coefficient (Wildman–Crippen LogP) is 1.58. The van der Waals surface area contributed by atoms with Crippen LogP contribution in [0.4, 0.5) is 8.78 Å². The summed E-state index contributed by atoms with van der Waals surface area (Å²) in [5.41, 5.74) is -1.07. The topological polar surface area (TPSA) is 63.6 Å². The molecule has 0 aromatic heterocycles. The van der Waals surface area contributed by atoms with Gasteiger partial charge >= 0.3 is 11.9 Å². The largest absolute Gasteiger partial charge is 0.473 e. The van der Waals surface area contributed by atoms with Gasteiger partial charge in [0.25, 0.3) is 0 Å². The standard InChI is InChI=1S/C9H12F2O4/c1-8(15-7(14)6(12)13)2-4-9(10,11)5-3-8/h2-5H2,1H3,(H,12,13). The second-order valence-corrected chi connectivity index (χ2v) is 4.00. The van der Waals surface area contributed by atoms with Gasteiger partial charge in [-0.15, -0.1) is 0 Å². The summed E-state index contributed by atoms with van der Waals surface area (Å²) < 4.78 is 30.2. The second-order valence-electron chi connectivity index (χ2n) is 4.00. The molecule has 1 rings (SSSR count). The van der Waals surface area contributed by atoms with E-state index >= 15 is 0 Å². The van der Waals surface area contributed by atoms with Gasteiger partial charge in [0.05, 0.1) is 0 Å². The number of alkyl halides is 2. The summed E-state index contributed by atoms with van der Waals surface area (Å²) in [7, 11) is 0. The minimum atomic E-state index is -2.73. The number of hydrogen-bond acceptors (Lipinski definition) is 3. The lowest BCUT2D eigenvalue weighted by Gasteiger charge is -2.36. The third kappa shape index (κ3) is 3.14. The van der Waals surface area contributed by atoms with Crippen molar-refractivity contribution < 1.29 is 28.2 Å². The van der Waals surface area contributed by atoms with Crippen LogP contribution in [0.3, 0.4) is 0 Å². The number of carboxylic acid groups (broad SMARTS) is 1. The molecule has 15 heavy (non-hydrogen) atoms. The third-order valence-corrected chi connectivity index (χ3v) is 2.55. The fraction of sp³-hybridized carbons (Fsp3) is 0.778. The molecule has 0 saturated heterocycles. The normalized spacial score (nSPS) is 23.1. The Morgan fingerprint density at radius 2 is 1.67 bits per heavy atom. The summed E-state index contributed by atoms with van der Waals surface area (Å²) in [6, 6.07) is 0.